The number of benzene rings is 2. The van der Waals surface area contributed by atoms with Crippen molar-refractivity contribution in [3.63, 3.8) is 0 Å². The van der Waals surface area contributed by atoms with Crippen LogP contribution in [0.3, 0.4) is 0 Å². The smallest absolute Gasteiger partial charge is 0.494 e. The van der Waals surface area contributed by atoms with E-state index in [-0.39, 0.29) is 5.91 Å². The normalized spacial score (nSPS) is 11.4. The van der Waals surface area contributed by atoms with Crippen molar-refractivity contribution in [2.45, 2.75) is 58.9 Å². The summed E-state index contributed by atoms with van der Waals surface area (Å²) in [6, 6.07) is 17.1. The summed E-state index contributed by atoms with van der Waals surface area (Å²) >= 11 is 0. The number of hydrogen-bond acceptors (Lipinski definition) is 8. The lowest BCUT2D eigenvalue weighted by Crippen LogP contribution is -2.46. The molecule has 0 aliphatic carbocycles. The highest BCUT2D eigenvalue weighted by molar-refractivity contribution is 6.60. The Hall–Kier alpha value is -3.10. The summed E-state index contributed by atoms with van der Waals surface area (Å²) < 4.78 is 23.3. The lowest BCUT2D eigenvalue weighted by Gasteiger charge is -2.28. The molecule has 10 heteroatoms. The fourth-order valence-corrected chi connectivity index (χ4v) is 6.32. The largest absolute Gasteiger partial charge is 0.500 e. The lowest BCUT2D eigenvalue weighted by atomic mass is 10.2. The van der Waals surface area contributed by atoms with Crippen molar-refractivity contribution < 1.29 is 22.8 Å². The maximum absolute atomic E-state index is 12.1. The van der Waals surface area contributed by atoms with Gasteiger partial charge in [-0.25, -0.2) is 0 Å². The van der Waals surface area contributed by atoms with E-state index in [9.17, 15) is 4.79 Å². The number of carbonyl (C=O) groups is 1. The summed E-state index contributed by atoms with van der Waals surface area (Å²) in [6.07, 6.45) is 3.88. The van der Waals surface area contributed by atoms with Crippen LogP contribution >= 0.6 is 0 Å². The van der Waals surface area contributed by atoms with E-state index in [0.717, 1.165) is 37.1 Å². The van der Waals surface area contributed by atoms with Gasteiger partial charge in [0.05, 0.1) is 29.6 Å². The molecule has 0 saturated carbocycles. The average molecular weight is 541 g/mol. The van der Waals surface area contributed by atoms with Crippen LogP contribution in [0.4, 0.5) is 11.4 Å². The zero-order chi connectivity index (χ0) is 27.5. The molecular formula is C28H40N4O5Si. The zero-order valence-corrected chi connectivity index (χ0v) is 23.8. The Morgan fingerprint density at radius 1 is 0.842 bits per heavy atom. The Morgan fingerprint density at radius 2 is 1.42 bits per heavy atom. The quantitative estimate of drug-likeness (QED) is 0.124. The number of azo groups is 1. The van der Waals surface area contributed by atoms with E-state index in [1.165, 1.54) is 0 Å². The average Bonchev–Trinajstić information content (AvgIpc) is 2.93. The second-order valence-electron chi connectivity index (χ2n) is 8.45. The van der Waals surface area contributed by atoms with Gasteiger partial charge in [-0.2, -0.15) is 15.5 Å². The molecule has 0 aromatic heterocycles. The summed E-state index contributed by atoms with van der Waals surface area (Å²) in [4.78, 5) is 12.1. The molecule has 0 saturated heterocycles. The lowest BCUT2D eigenvalue weighted by molar-refractivity contribution is -0.121. The number of unbranched alkanes of at least 4 members (excludes halogenated alkanes) is 2. The molecule has 0 fully saturated rings. The van der Waals surface area contributed by atoms with Crippen molar-refractivity contribution in [3.05, 3.63) is 54.1 Å². The number of nitriles is 1. The SMILES string of the molecule is CCO[Si](CCCNC(=O)CCCCCOc1ccc(N=Nc2ccc(C#N)cc2)cc1)(OCC)OCC. The van der Waals surface area contributed by atoms with Crippen LogP contribution in [0, 0.1) is 11.3 Å². The summed E-state index contributed by atoms with van der Waals surface area (Å²) in [5.41, 5.74) is 1.99. The number of nitrogens with zero attached hydrogens (tertiary/aromatic N) is 3. The van der Waals surface area contributed by atoms with Crippen LogP contribution in [0.25, 0.3) is 0 Å². The van der Waals surface area contributed by atoms with E-state index in [1.807, 2.05) is 45.0 Å². The van der Waals surface area contributed by atoms with Gasteiger partial charge < -0.3 is 23.3 Å². The van der Waals surface area contributed by atoms with Crippen molar-refractivity contribution in [2.75, 3.05) is 33.0 Å². The second kappa shape index (κ2) is 18.2. The summed E-state index contributed by atoms with van der Waals surface area (Å²) in [6.45, 7) is 8.67. The Kier molecular flexibility index (Phi) is 14.9. The molecule has 0 radical (unpaired) electrons. The highest BCUT2D eigenvalue weighted by atomic mass is 28.4. The Labute approximate surface area is 227 Å². The minimum absolute atomic E-state index is 0.0631. The van der Waals surface area contributed by atoms with Gasteiger partial charge in [0.2, 0.25) is 5.91 Å². The van der Waals surface area contributed by atoms with E-state index in [0.29, 0.717) is 56.7 Å². The minimum atomic E-state index is -2.64. The van der Waals surface area contributed by atoms with Crippen LogP contribution in [0.5, 0.6) is 5.75 Å². The van der Waals surface area contributed by atoms with Gasteiger partial charge in [-0.1, -0.05) is 0 Å². The van der Waals surface area contributed by atoms with Gasteiger partial charge in [-0.05, 0) is 95.0 Å². The topological polar surface area (TPSA) is 115 Å². The van der Waals surface area contributed by atoms with Crippen molar-refractivity contribution in [2.24, 2.45) is 10.2 Å². The third kappa shape index (κ3) is 12.0. The van der Waals surface area contributed by atoms with Crippen LogP contribution in [0.2, 0.25) is 6.04 Å². The van der Waals surface area contributed by atoms with Gasteiger partial charge in [-0.3, -0.25) is 4.79 Å². The molecule has 2 rings (SSSR count). The monoisotopic (exact) mass is 540 g/mol. The van der Waals surface area contributed by atoms with Crippen molar-refractivity contribution >= 4 is 26.1 Å². The predicted octanol–water partition coefficient (Wildman–Crippen LogP) is 6.47. The van der Waals surface area contributed by atoms with Crippen molar-refractivity contribution in [1.29, 1.82) is 5.26 Å². The highest BCUT2D eigenvalue weighted by Gasteiger charge is 2.39. The standard InChI is InChI=1S/C28H40N4O5Si/c1-4-35-38(36-5-2,37-6-3)22-10-20-30-28(33)11-8-7-9-21-34-27-18-16-26(17-19-27)32-31-25-14-12-24(23-29)13-15-25/h12-19H,4-11,20-22H2,1-3H3,(H,30,33). The van der Waals surface area contributed by atoms with Crippen LogP contribution in [0.15, 0.2) is 58.8 Å². The summed E-state index contributed by atoms with van der Waals surface area (Å²) in [7, 11) is -2.64. The molecule has 2 aromatic rings. The van der Waals surface area contributed by atoms with Gasteiger partial charge in [0.15, 0.2) is 0 Å². The Balaban J connectivity index is 1.57. The first-order chi connectivity index (χ1) is 18.5. The van der Waals surface area contributed by atoms with E-state index >= 15 is 0 Å². The molecule has 1 N–H and O–H groups in total. The molecule has 1 amide bonds. The number of hydrogen-bond donors (Lipinski definition) is 1. The first-order valence-corrected chi connectivity index (χ1v) is 15.3. The molecule has 0 heterocycles. The molecule has 9 nitrogen and oxygen atoms in total. The molecule has 0 aliphatic heterocycles. The van der Waals surface area contributed by atoms with Gasteiger partial charge in [-0.15, -0.1) is 0 Å². The molecule has 206 valence electrons. The molecule has 38 heavy (non-hydrogen) atoms. The molecule has 0 aliphatic rings. The molecule has 2 aromatic carbocycles. The fraction of sp³-hybridized carbons (Fsp3) is 0.500. The third-order valence-electron chi connectivity index (χ3n) is 5.51. The fourth-order valence-electron chi connectivity index (χ4n) is 3.70. The first-order valence-electron chi connectivity index (χ1n) is 13.4. The summed E-state index contributed by atoms with van der Waals surface area (Å²) in [5.74, 6) is 0.832. The molecule has 0 atom stereocenters. The van der Waals surface area contributed by atoms with Crippen molar-refractivity contribution in [1.82, 2.24) is 5.32 Å². The second-order valence-corrected chi connectivity index (χ2v) is 11.2. The molecule has 0 bridgehead atoms. The number of rotatable bonds is 19. The molecular weight excluding hydrogens is 500 g/mol. The van der Waals surface area contributed by atoms with Gasteiger partial charge in [0, 0.05) is 38.8 Å². The highest BCUT2D eigenvalue weighted by Crippen LogP contribution is 2.22. The van der Waals surface area contributed by atoms with E-state index in [2.05, 4.69) is 21.6 Å². The van der Waals surface area contributed by atoms with E-state index in [1.54, 1.807) is 24.3 Å². The Morgan fingerprint density at radius 3 is 1.97 bits per heavy atom. The van der Waals surface area contributed by atoms with Crippen LogP contribution in [-0.4, -0.2) is 47.7 Å². The van der Waals surface area contributed by atoms with E-state index in [4.69, 9.17) is 23.3 Å². The number of ether oxygens (including phenoxy) is 1. The first kappa shape index (κ1) is 31.1. The number of nitrogens with one attached hydrogen (secondary N) is 1. The Bertz CT molecular complexity index is 992. The molecule has 0 spiro atoms. The van der Waals surface area contributed by atoms with Gasteiger partial charge >= 0.3 is 8.80 Å². The summed E-state index contributed by atoms with van der Waals surface area (Å²) in [5, 5.41) is 20.2. The number of carbonyl (C=O) groups excluding carboxylic acids is 1. The van der Waals surface area contributed by atoms with Crippen LogP contribution in [0.1, 0.15) is 58.4 Å². The van der Waals surface area contributed by atoms with Gasteiger partial charge in [0.1, 0.15) is 5.75 Å². The predicted molar refractivity (Wildman–Crippen MR) is 149 cm³/mol. The zero-order valence-electron chi connectivity index (χ0n) is 22.8. The maximum Gasteiger partial charge on any atom is 0.500 e. The number of amides is 1. The van der Waals surface area contributed by atoms with Crippen LogP contribution in [-0.2, 0) is 18.1 Å². The van der Waals surface area contributed by atoms with Gasteiger partial charge in [0.25, 0.3) is 0 Å². The molecule has 0 unspecified atom stereocenters. The van der Waals surface area contributed by atoms with Crippen molar-refractivity contribution in [3.8, 4) is 11.8 Å². The minimum Gasteiger partial charge on any atom is -0.494 e. The third-order valence-corrected chi connectivity index (χ3v) is 8.66. The van der Waals surface area contributed by atoms with Crippen LogP contribution < -0.4 is 10.1 Å². The van der Waals surface area contributed by atoms with E-state index < -0.39 is 8.80 Å². The maximum atomic E-state index is 12.1.